The Kier molecular flexibility index (Phi) is 3.55. The fraction of sp³-hybridized carbons (Fsp3) is 1.00. The molecule has 1 atom stereocenters. The van der Waals surface area contributed by atoms with Crippen LogP contribution in [0.25, 0.3) is 0 Å². The zero-order valence-electron chi connectivity index (χ0n) is 8.99. The van der Waals surface area contributed by atoms with Crippen molar-refractivity contribution in [2.24, 2.45) is 5.73 Å². The summed E-state index contributed by atoms with van der Waals surface area (Å²) in [5.74, 6) is 0.519. The molecule has 0 aromatic carbocycles. The molecule has 0 bridgehead atoms. The highest BCUT2D eigenvalue weighted by atomic mass is 32.2. The van der Waals surface area contributed by atoms with Crippen LogP contribution in [0.4, 0.5) is 0 Å². The van der Waals surface area contributed by atoms with Crippen molar-refractivity contribution in [3.8, 4) is 0 Å². The van der Waals surface area contributed by atoms with E-state index in [1.807, 2.05) is 7.05 Å². The van der Waals surface area contributed by atoms with Gasteiger partial charge in [0.15, 0.2) is 9.84 Å². The topological polar surface area (TPSA) is 63.4 Å². The van der Waals surface area contributed by atoms with E-state index in [1.165, 1.54) is 0 Å². The van der Waals surface area contributed by atoms with E-state index in [1.54, 1.807) is 0 Å². The van der Waals surface area contributed by atoms with Gasteiger partial charge in [-0.1, -0.05) is 6.92 Å². The van der Waals surface area contributed by atoms with Crippen LogP contribution in [-0.2, 0) is 9.84 Å². The molecule has 5 heteroatoms. The molecule has 1 fully saturated rings. The zero-order chi connectivity index (χ0) is 10.8. The second kappa shape index (κ2) is 4.16. The van der Waals surface area contributed by atoms with Crippen LogP contribution in [0.3, 0.4) is 0 Å². The lowest BCUT2D eigenvalue weighted by Gasteiger charge is -2.36. The fourth-order valence-electron chi connectivity index (χ4n) is 2.09. The number of likely N-dealkylation sites (N-methyl/N-ethyl adjacent to an activating group) is 1. The smallest absolute Gasteiger partial charge is 0.152 e. The van der Waals surface area contributed by atoms with Crippen molar-refractivity contribution < 1.29 is 8.42 Å². The van der Waals surface area contributed by atoms with Gasteiger partial charge in [0.2, 0.25) is 0 Å². The van der Waals surface area contributed by atoms with Gasteiger partial charge in [-0.3, -0.25) is 4.90 Å². The first-order chi connectivity index (χ1) is 6.46. The highest BCUT2D eigenvalue weighted by Crippen LogP contribution is 2.27. The van der Waals surface area contributed by atoms with Crippen LogP contribution in [0.15, 0.2) is 0 Å². The van der Waals surface area contributed by atoms with E-state index in [9.17, 15) is 8.42 Å². The fourth-order valence-corrected chi connectivity index (χ4v) is 4.23. The van der Waals surface area contributed by atoms with E-state index in [4.69, 9.17) is 5.73 Å². The highest BCUT2D eigenvalue weighted by Gasteiger charge is 2.43. The van der Waals surface area contributed by atoms with Gasteiger partial charge in [0.05, 0.1) is 11.5 Å². The van der Waals surface area contributed by atoms with Gasteiger partial charge in [-0.2, -0.15) is 0 Å². The Balaban J connectivity index is 2.79. The Bertz CT molecular complexity index is 289. The largest absolute Gasteiger partial charge is 0.329 e. The lowest BCUT2D eigenvalue weighted by atomic mass is 9.97. The van der Waals surface area contributed by atoms with Gasteiger partial charge < -0.3 is 5.73 Å². The molecule has 1 saturated heterocycles. The summed E-state index contributed by atoms with van der Waals surface area (Å²) in [5, 5.41) is 0. The minimum Gasteiger partial charge on any atom is -0.329 e. The zero-order valence-corrected chi connectivity index (χ0v) is 9.81. The highest BCUT2D eigenvalue weighted by molar-refractivity contribution is 7.91. The number of nitrogens with zero attached hydrogens (tertiary/aromatic N) is 1. The normalized spacial score (nSPS) is 31.1. The average molecular weight is 220 g/mol. The van der Waals surface area contributed by atoms with Crippen molar-refractivity contribution in [1.82, 2.24) is 4.90 Å². The molecule has 1 unspecified atom stereocenters. The predicted octanol–water partition coefficient (Wildman–Crippen LogP) is -0.156. The third kappa shape index (κ3) is 2.27. The Morgan fingerprint density at radius 1 is 1.50 bits per heavy atom. The van der Waals surface area contributed by atoms with E-state index >= 15 is 0 Å². The van der Waals surface area contributed by atoms with Crippen LogP contribution in [0.1, 0.15) is 19.8 Å². The molecule has 84 valence electrons. The lowest BCUT2D eigenvalue weighted by molar-refractivity contribution is 0.151. The SMILES string of the molecule is CCCN(C)C1(CN)CCS(=O)(=O)C1. The van der Waals surface area contributed by atoms with Crippen LogP contribution in [-0.4, -0.2) is 50.5 Å². The monoisotopic (exact) mass is 220 g/mol. The molecule has 1 aliphatic heterocycles. The van der Waals surface area contributed by atoms with Crippen molar-refractivity contribution in [2.45, 2.75) is 25.3 Å². The van der Waals surface area contributed by atoms with Crippen LogP contribution < -0.4 is 5.73 Å². The first-order valence-electron chi connectivity index (χ1n) is 5.07. The predicted molar refractivity (Wildman–Crippen MR) is 58.0 cm³/mol. The van der Waals surface area contributed by atoms with Gasteiger partial charge in [0.25, 0.3) is 0 Å². The lowest BCUT2D eigenvalue weighted by Crippen LogP contribution is -2.53. The number of nitrogens with two attached hydrogens (primary N) is 1. The Morgan fingerprint density at radius 3 is 2.50 bits per heavy atom. The molecular weight excluding hydrogens is 200 g/mol. The maximum absolute atomic E-state index is 11.4. The molecule has 1 rings (SSSR count). The molecule has 0 aromatic rings. The summed E-state index contributed by atoms with van der Waals surface area (Å²) in [4.78, 5) is 2.11. The molecule has 0 saturated carbocycles. The number of rotatable bonds is 4. The quantitative estimate of drug-likeness (QED) is 0.715. The minimum atomic E-state index is -2.85. The maximum atomic E-state index is 11.4. The van der Waals surface area contributed by atoms with Crippen molar-refractivity contribution >= 4 is 9.84 Å². The van der Waals surface area contributed by atoms with E-state index in [2.05, 4.69) is 11.8 Å². The van der Waals surface area contributed by atoms with Crippen LogP contribution in [0.2, 0.25) is 0 Å². The summed E-state index contributed by atoms with van der Waals surface area (Å²) < 4.78 is 22.9. The first-order valence-corrected chi connectivity index (χ1v) is 6.90. The Labute approximate surface area is 86.4 Å². The maximum Gasteiger partial charge on any atom is 0.152 e. The summed E-state index contributed by atoms with van der Waals surface area (Å²) in [6.07, 6.45) is 1.71. The second-order valence-corrected chi connectivity index (χ2v) is 6.38. The number of hydrogen-bond donors (Lipinski definition) is 1. The van der Waals surface area contributed by atoms with Gasteiger partial charge in [-0.25, -0.2) is 8.42 Å². The molecule has 0 amide bonds. The number of hydrogen-bond acceptors (Lipinski definition) is 4. The van der Waals surface area contributed by atoms with E-state index < -0.39 is 9.84 Å². The van der Waals surface area contributed by atoms with Gasteiger partial charge in [0, 0.05) is 12.1 Å². The molecule has 14 heavy (non-hydrogen) atoms. The van der Waals surface area contributed by atoms with E-state index in [0.717, 1.165) is 13.0 Å². The van der Waals surface area contributed by atoms with Crippen molar-refractivity contribution in [2.75, 3.05) is 31.6 Å². The van der Waals surface area contributed by atoms with Crippen molar-refractivity contribution in [3.05, 3.63) is 0 Å². The molecule has 1 heterocycles. The van der Waals surface area contributed by atoms with Gasteiger partial charge in [0.1, 0.15) is 0 Å². The third-order valence-electron chi connectivity index (χ3n) is 3.12. The molecular formula is C9H20N2O2S. The molecule has 1 aliphatic rings. The second-order valence-electron chi connectivity index (χ2n) is 4.19. The third-order valence-corrected chi connectivity index (χ3v) is 4.92. The summed E-state index contributed by atoms with van der Waals surface area (Å²) in [6, 6.07) is 0. The molecule has 2 N–H and O–H groups in total. The van der Waals surface area contributed by atoms with Crippen molar-refractivity contribution in [1.29, 1.82) is 0 Å². The molecule has 0 spiro atoms. The van der Waals surface area contributed by atoms with Crippen molar-refractivity contribution in [3.63, 3.8) is 0 Å². The molecule has 4 nitrogen and oxygen atoms in total. The van der Waals surface area contributed by atoms with E-state index in [0.29, 0.717) is 13.0 Å². The minimum absolute atomic E-state index is 0.229. The first kappa shape index (κ1) is 11.9. The van der Waals surface area contributed by atoms with Crippen LogP contribution in [0, 0.1) is 0 Å². The van der Waals surface area contributed by atoms with Crippen LogP contribution >= 0.6 is 0 Å². The van der Waals surface area contributed by atoms with Gasteiger partial charge in [-0.15, -0.1) is 0 Å². The summed E-state index contributed by atoms with van der Waals surface area (Å²) in [7, 11) is -0.882. The summed E-state index contributed by atoms with van der Waals surface area (Å²) in [5.41, 5.74) is 5.42. The summed E-state index contributed by atoms with van der Waals surface area (Å²) >= 11 is 0. The summed E-state index contributed by atoms with van der Waals surface area (Å²) in [6.45, 7) is 3.43. The van der Waals surface area contributed by atoms with Gasteiger partial charge >= 0.3 is 0 Å². The molecule has 0 radical (unpaired) electrons. The van der Waals surface area contributed by atoms with Gasteiger partial charge in [-0.05, 0) is 26.4 Å². The van der Waals surface area contributed by atoms with E-state index in [-0.39, 0.29) is 17.0 Å². The van der Waals surface area contributed by atoms with Crippen LogP contribution in [0.5, 0.6) is 0 Å². The standard InChI is InChI=1S/C9H20N2O2S/c1-3-5-11(2)9(7-10)4-6-14(12,13)8-9/h3-8,10H2,1-2H3. The average Bonchev–Trinajstić information content (AvgIpc) is 2.43. The Hall–Kier alpha value is -0.130. The Morgan fingerprint density at radius 2 is 2.14 bits per heavy atom. The number of sulfone groups is 1. The molecule has 0 aromatic heterocycles. The molecule has 0 aliphatic carbocycles.